The van der Waals surface area contributed by atoms with Gasteiger partial charge in [-0.2, -0.15) is 0 Å². The molecule has 1 N–H and O–H groups in total. The van der Waals surface area contributed by atoms with Crippen LogP contribution in [0.15, 0.2) is 49.6 Å². The second-order valence-electron chi connectivity index (χ2n) is 12.3. The predicted octanol–water partition coefficient (Wildman–Crippen LogP) is 3.80. The van der Waals surface area contributed by atoms with E-state index < -0.39 is 33.4 Å². The lowest BCUT2D eigenvalue weighted by Crippen LogP contribution is -2.58. The SMILES string of the molecule is C=CCCCOC(=O)[C@@H]1[C@H]2C(=O)N([C@@H](CO)[C@@H](C)CC)C(C(=O)N(CC=C)Cn3nnc4ccccc43)C23CC[C@@]1(C)S3. The van der Waals surface area contributed by atoms with Gasteiger partial charge in [-0.25, -0.2) is 4.68 Å². The number of aliphatic hydroxyl groups is 1. The number of allylic oxidation sites excluding steroid dienone is 1. The highest BCUT2D eigenvalue weighted by Gasteiger charge is 2.78. The Bertz CT molecular complexity index is 1400. The van der Waals surface area contributed by atoms with Crippen LogP contribution in [0, 0.1) is 17.8 Å². The third-order valence-corrected chi connectivity index (χ3v) is 11.7. The summed E-state index contributed by atoms with van der Waals surface area (Å²) in [6.45, 7) is 14.0. The number of benzene rings is 1. The number of carbonyl (C=O) groups excluding carboxylic acids is 3. The Morgan fingerprint density at radius 3 is 2.74 bits per heavy atom. The fraction of sp³-hybridized carbons (Fsp3) is 0.594. The lowest BCUT2D eigenvalue weighted by Gasteiger charge is -2.41. The minimum Gasteiger partial charge on any atom is -0.465 e. The van der Waals surface area contributed by atoms with E-state index >= 15 is 0 Å². The maximum Gasteiger partial charge on any atom is 0.311 e. The number of amides is 2. The van der Waals surface area contributed by atoms with Crippen molar-refractivity contribution in [1.29, 1.82) is 0 Å². The molecule has 1 spiro atoms. The molecule has 1 aromatic heterocycles. The van der Waals surface area contributed by atoms with E-state index in [2.05, 4.69) is 23.5 Å². The summed E-state index contributed by atoms with van der Waals surface area (Å²) < 4.78 is 6.06. The van der Waals surface area contributed by atoms with E-state index in [0.717, 1.165) is 11.9 Å². The first kappa shape index (κ1) is 31.3. The lowest BCUT2D eigenvalue weighted by molar-refractivity contribution is -0.156. The van der Waals surface area contributed by atoms with Gasteiger partial charge in [-0.1, -0.05) is 49.8 Å². The summed E-state index contributed by atoms with van der Waals surface area (Å²) in [5, 5.41) is 19.2. The minimum atomic E-state index is -0.865. The normalized spacial score (nSPS) is 29.0. The number of ether oxygens (including phenoxy) is 1. The fourth-order valence-electron chi connectivity index (χ4n) is 7.39. The summed E-state index contributed by atoms with van der Waals surface area (Å²) in [5.41, 5.74) is 1.50. The van der Waals surface area contributed by atoms with Crippen LogP contribution in [0.1, 0.15) is 52.9 Å². The third-order valence-electron chi connectivity index (χ3n) is 9.73. The van der Waals surface area contributed by atoms with Crippen molar-refractivity contribution < 1.29 is 24.2 Å². The summed E-state index contributed by atoms with van der Waals surface area (Å²) in [4.78, 5) is 46.4. The van der Waals surface area contributed by atoms with Crippen LogP contribution in [-0.4, -0.2) is 89.0 Å². The molecular weight excluding hydrogens is 566 g/mol. The fourth-order valence-corrected chi connectivity index (χ4v) is 9.72. The van der Waals surface area contributed by atoms with Gasteiger partial charge in [0.1, 0.15) is 18.2 Å². The maximum absolute atomic E-state index is 14.8. The van der Waals surface area contributed by atoms with Gasteiger partial charge in [0.25, 0.3) is 0 Å². The van der Waals surface area contributed by atoms with Crippen LogP contribution >= 0.6 is 11.8 Å². The maximum atomic E-state index is 14.8. The zero-order chi connectivity index (χ0) is 30.9. The smallest absolute Gasteiger partial charge is 0.311 e. The quantitative estimate of drug-likeness (QED) is 0.195. The molecule has 7 atom stereocenters. The lowest BCUT2D eigenvalue weighted by atomic mass is 9.66. The van der Waals surface area contributed by atoms with Gasteiger partial charge in [0, 0.05) is 11.3 Å². The summed E-state index contributed by atoms with van der Waals surface area (Å²) >= 11 is 1.60. The highest BCUT2D eigenvalue weighted by Crippen LogP contribution is 2.72. The Balaban J connectivity index is 1.55. The number of esters is 1. The van der Waals surface area contributed by atoms with Crippen molar-refractivity contribution in [3.8, 4) is 0 Å². The molecule has 232 valence electrons. The van der Waals surface area contributed by atoms with Crippen LogP contribution in [0.5, 0.6) is 0 Å². The van der Waals surface area contributed by atoms with E-state index in [1.165, 1.54) is 0 Å². The standard InChI is InChI=1S/C32H43N5O5S/c1-6-9-12-18-42-30(41)26-25-28(39)37(24(19-38)21(4)8-3)27(32(25)16-15-31(26,5)43-32)29(40)35(17-7-2)20-36-23-14-11-10-13-22(23)33-34-36/h6-7,10-11,13-14,21,24-27,38H,1-2,8-9,12,15-20H2,3-5H3/t21-,24-,25-,26-,27?,31+,32?/m0/s1. The third kappa shape index (κ3) is 5.18. The summed E-state index contributed by atoms with van der Waals surface area (Å²) in [7, 11) is 0. The molecule has 43 heavy (non-hydrogen) atoms. The number of carbonyl (C=O) groups is 3. The number of aliphatic hydroxyl groups excluding tert-OH is 1. The Hall–Kier alpha value is -3.18. The summed E-state index contributed by atoms with van der Waals surface area (Å²) in [6, 6.07) is 6.11. The minimum absolute atomic E-state index is 0.0614. The number of rotatable bonds is 14. The van der Waals surface area contributed by atoms with E-state index in [-0.39, 0.29) is 50.1 Å². The number of hydrogen-bond donors (Lipinski definition) is 1. The molecule has 2 unspecified atom stereocenters. The molecule has 0 saturated carbocycles. The molecule has 11 heteroatoms. The predicted molar refractivity (Wildman–Crippen MR) is 166 cm³/mol. The van der Waals surface area contributed by atoms with Crippen molar-refractivity contribution >= 4 is 40.6 Å². The number of likely N-dealkylation sites (tertiary alicyclic amines) is 1. The summed E-state index contributed by atoms with van der Waals surface area (Å²) in [5.74, 6) is -2.32. The van der Waals surface area contributed by atoms with E-state index in [1.807, 2.05) is 45.0 Å². The topological polar surface area (TPSA) is 118 Å². The van der Waals surface area contributed by atoms with Crippen molar-refractivity contribution in [2.24, 2.45) is 17.8 Å². The molecule has 0 radical (unpaired) electrons. The van der Waals surface area contributed by atoms with Crippen LogP contribution in [0.25, 0.3) is 11.0 Å². The van der Waals surface area contributed by atoms with Gasteiger partial charge in [0.15, 0.2) is 0 Å². The molecule has 2 bridgehead atoms. The first-order valence-electron chi connectivity index (χ1n) is 15.3. The van der Waals surface area contributed by atoms with Crippen LogP contribution in [0.3, 0.4) is 0 Å². The second kappa shape index (κ2) is 12.4. The van der Waals surface area contributed by atoms with Crippen molar-refractivity contribution in [1.82, 2.24) is 24.8 Å². The van der Waals surface area contributed by atoms with Crippen LogP contribution in [0.2, 0.25) is 0 Å². The molecule has 4 heterocycles. The summed E-state index contributed by atoms with van der Waals surface area (Å²) in [6.07, 6.45) is 6.86. The Labute approximate surface area is 257 Å². The molecule has 10 nitrogen and oxygen atoms in total. The van der Waals surface area contributed by atoms with E-state index in [9.17, 15) is 19.5 Å². The Morgan fingerprint density at radius 1 is 1.28 bits per heavy atom. The number of hydrogen-bond acceptors (Lipinski definition) is 8. The number of nitrogens with zero attached hydrogens (tertiary/aromatic N) is 5. The average molecular weight is 610 g/mol. The number of para-hydroxylation sites is 1. The first-order valence-corrected chi connectivity index (χ1v) is 16.1. The highest BCUT2D eigenvalue weighted by molar-refractivity contribution is 8.02. The zero-order valence-electron chi connectivity index (χ0n) is 25.4. The molecule has 1 aromatic carbocycles. The van der Waals surface area contributed by atoms with Gasteiger partial charge >= 0.3 is 5.97 Å². The van der Waals surface area contributed by atoms with Crippen molar-refractivity contribution in [2.45, 2.75) is 81.1 Å². The van der Waals surface area contributed by atoms with Crippen LogP contribution < -0.4 is 0 Å². The number of unbranched alkanes of at least 4 members (excludes halogenated alkanes) is 1. The molecule has 2 aromatic rings. The largest absolute Gasteiger partial charge is 0.465 e. The number of thioether (sulfide) groups is 1. The zero-order valence-corrected chi connectivity index (χ0v) is 26.2. The van der Waals surface area contributed by atoms with E-state index in [0.29, 0.717) is 31.2 Å². The van der Waals surface area contributed by atoms with Gasteiger partial charge in [-0.3, -0.25) is 14.4 Å². The molecule has 3 aliphatic heterocycles. The molecule has 3 fully saturated rings. The molecule has 5 rings (SSSR count). The van der Waals surface area contributed by atoms with Gasteiger partial charge in [-0.15, -0.1) is 30.0 Å². The molecular formula is C32H43N5O5S. The van der Waals surface area contributed by atoms with Crippen molar-refractivity contribution in [2.75, 3.05) is 19.8 Å². The highest BCUT2D eigenvalue weighted by atomic mass is 32.2. The van der Waals surface area contributed by atoms with Gasteiger partial charge < -0.3 is 19.6 Å². The van der Waals surface area contributed by atoms with Crippen molar-refractivity contribution in [3.63, 3.8) is 0 Å². The van der Waals surface area contributed by atoms with Crippen molar-refractivity contribution in [3.05, 3.63) is 49.6 Å². The van der Waals surface area contributed by atoms with Gasteiger partial charge in [0.05, 0.1) is 41.4 Å². The number of aromatic nitrogens is 3. The molecule has 2 amide bonds. The molecule has 0 aliphatic carbocycles. The Kier molecular flexibility index (Phi) is 9.04. The van der Waals surface area contributed by atoms with Crippen LogP contribution in [-0.2, 0) is 25.8 Å². The van der Waals surface area contributed by atoms with Gasteiger partial charge in [-0.05, 0) is 50.7 Å². The van der Waals surface area contributed by atoms with Crippen LogP contribution in [0.4, 0.5) is 0 Å². The molecule has 3 aliphatic rings. The number of fused-ring (bicyclic) bond motifs is 2. The second-order valence-corrected chi connectivity index (χ2v) is 14.2. The van der Waals surface area contributed by atoms with E-state index in [4.69, 9.17) is 4.74 Å². The van der Waals surface area contributed by atoms with Gasteiger partial charge in [0.2, 0.25) is 11.8 Å². The monoisotopic (exact) mass is 609 g/mol. The molecule has 3 saturated heterocycles. The first-order chi connectivity index (χ1) is 20.7. The average Bonchev–Trinajstić information content (AvgIpc) is 3.71. The Morgan fingerprint density at radius 2 is 2.05 bits per heavy atom. The van der Waals surface area contributed by atoms with E-state index in [1.54, 1.807) is 38.4 Å².